The first-order valence-corrected chi connectivity index (χ1v) is 6.09. The van der Waals surface area contributed by atoms with Crippen molar-refractivity contribution in [2.24, 2.45) is 0 Å². The van der Waals surface area contributed by atoms with Gasteiger partial charge in [-0.2, -0.15) is 0 Å². The van der Waals surface area contributed by atoms with Gasteiger partial charge in [-0.3, -0.25) is 10.1 Å². The lowest BCUT2D eigenvalue weighted by Gasteiger charge is -2.09. The monoisotopic (exact) mass is 273 g/mol. The molecule has 0 saturated carbocycles. The van der Waals surface area contributed by atoms with Crippen LogP contribution in [0.15, 0.2) is 30.6 Å². The summed E-state index contributed by atoms with van der Waals surface area (Å²) in [5.74, 6) is 0.398. The topological polar surface area (TPSA) is 93.0 Å². The Balaban J connectivity index is 2.26. The number of rotatable bonds is 5. The van der Waals surface area contributed by atoms with E-state index >= 15 is 0 Å². The van der Waals surface area contributed by atoms with Gasteiger partial charge >= 0.3 is 5.69 Å². The SMILES string of the molecule is CNc1ncnc(NCc2ccccc2C)c1[N+](=O)[O-]. The average molecular weight is 273 g/mol. The van der Waals surface area contributed by atoms with E-state index in [1.54, 1.807) is 7.05 Å². The van der Waals surface area contributed by atoms with E-state index in [9.17, 15) is 10.1 Å². The van der Waals surface area contributed by atoms with Gasteiger partial charge in [0.25, 0.3) is 0 Å². The van der Waals surface area contributed by atoms with E-state index in [0.29, 0.717) is 6.54 Å². The van der Waals surface area contributed by atoms with Crippen molar-refractivity contribution in [1.29, 1.82) is 0 Å². The van der Waals surface area contributed by atoms with Gasteiger partial charge in [0.05, 0.1) is 4.92 Å². The van der Waals surface area contributed by atoms with Crippen LogP contribution in [0.1, 0.15) is 11.1 Å². The molecule has 1 heterocycles. The van der Waals surface area contributed by atoms with Crippen LogP contribution in [0.2, 0.25) is 0 Å². The highest BCUT2D eigenvalue weighted by atomic mass is 16.6. The van der Waals surface area contributed by atoms with Gasteiger partial charge in [0, 0.05) is 13.6 Å². The fraction of sp³-hybridized carbons (Fsp3) is 0.231. The Kier molecular flexibility index (Phi) is 4.09. The molecule has 0 unspecified atom stereocenters. The number of benzene rings is 1. The third kappa shape index (κ3) is 2.82. The third-order valence-corrected chi connectivity index (χ3v) is 2.95. The highest BCUT2D eigenvalue weighted by Crippen LogP contribution is 2.28. The van der Waals surface area contributed by atoms with E-state index in [4.69, 9.17) is 0 Å². The summed E-state index contributed by atoms with van der Waals surface area (Å²) >= 11 is 0. The molecule has 7 nitrogen and oxygen atoms in total. The van der Waals surface area contributed by atoms with Gasteiger partial charge in [0.2, 0.25) is 11.6 Å². The molecular weight excluding hydrogens is 258 g/mol. The summed E-state index contributed by atoms with van der Waals surface area (Å²) in [5, 5.41) is 16.8. The lowest BCUT2D eigenvalue weighted by atomic mass is 10.1. The standard InChI is InChI=1S/C13H15N5O2/c1-9-5-3-4-6-10(9)7-15-13-11(18(19)20)12(14-2)16-8-17-13/h3-6,8H,7H2,1-2H3,(H2,14,15,16,17). The first-order valence-electron chi connectivity index (χ1n) is 6.09. The normalized spacial score (nSPS) is 10.1. The Bertz CT molecular complexity index is 630. The molecule has 0 amide bonds. The van der Waals surface area contributed by atoms with Gasteiger partial charge < -0.3 is 10.6 Å². The molecule has 0 fully saturated rings. The number of aryl methyl sites for hydroxylation is 1. The molecule has 0 bridgehead atoms. The molecule has 2 aromatic rings. The highest BCUT2D eigenvalue weighted by molar-refractivity contribution is 5.69. The van der Waals surface area contributed by atoms with Crippen LogP contribution in [0.25, 0.3) is 0 Å². The Labute approximate surface area is 116 Å². The van der Waals surface area contributed by atoms with Crippen molar-refractivity contribution in [3.63, 3.8) is 0 Å². The number of anilines is 2. The number of hydrogen-bond acceptors (Lipinski definition) is 6. The van der Waals surface area contributed by atoms with Crippen molar-refractivity contribution in [3.05, 3.63) is 51.8 Å². The Morgan fingerprint density at radius 1 is 1.25 bits per heavy atom. The Hall–Kier alpha value is -2.70. The first kappa shape index (κ1) is 13.7. The Morgan fingerprint density at radius 3 is 2.60 bits per heavy atom. The van der Waals surface area contributed by atoms with Crippen LogP contribution in [0.3, 0.4) is 0 Å². The smallest absolute Gasteiger partial charge is 0.353 e. The van der Waals surface area contributed by atoms with Crippen LogP contribution >= 0.6 is 0 Å². The molecule has 0 atom stereocenters. The van der Waals surface area contributed by atoms with Crippen molar-refractivity contribution in [2.75, 3.05) is 17.7 Å². The highest BCUT2D eigenvalue weighted by Gasteiger charge is 2.21. The summed E-state index contributed by atoms with van der Waals surface area (Å²) < 4.78 is 0. The summed E-state index contributed by atoms with van der Waals surface area (Å²) in [6.45, 7) is 2.46. The fourth-order valence-corrected chi connectivity index (χ4v) is 1.85. The molecule has 0 spiro atoms. The van der Waals surface area contributed by atoms with Crippen molar-refractivity contribution in [2.45, 2.75) is 13.5 Å². The molecule has 0 aliphatic carbocycles. The number of nitrogens with one attached hydrogen (secondary N) is 2. The zero-order valence-corrected chi connectivity index (χ0v) is 11.3. The largest absolute Gasteiger partial charge is 0.367 e. The van der Waals surface area contributed by atoms with Crippen LogP contribution in [-0.2, 0) is 6.54 Å². The van der Waals surface area contributed by atoms with Crippen molar-refractivity contribution < 1.29 is 4.92 Å². The van der Waals surface area contributed by atoms with Crippen LogP contribution < -0.4 is 10.6 Å². The predicted molar refractivity (Wildman–Crippen MR) is 76.7 cm³/mol. The molecule has 0 saturated heterocycles. The summed E-state index contributed by atoms with van der Waals surface area (Å²) in [5.41, 5.74) is 2.03. The minimum Gasteiger partial charge on any atom is -0.367 e. The predicted octanol–water partition coefficient (Wildman–Crippen LogP) is 2.35. The molecule has 0 radical (unpaired) electrons. The third-order valence-electron chi connectivity index (χ3n) is 2.95. The van der Waals surface area contributed by atoms with Crippen LogP contribution in [0, 0.1) is 17.0 Å². The van der Waals surface area contributed by atoms with Crippen molar-refractivity contribution in [3.8, 4) is 0 Å². The summed E-state index contributed by atoms with van der Waals surface area (Å²) in [7, 11) is 1.58. The van der Waals surface area contributed by atoms with Gasteiger partial charge in [0.1, 0.15) is 6.33 Å². The van der Waals surface area contributed by atoms with E-state index in [0.717, 1.165) is 11.1 Å². The maximum atomic E-state index is 11.1. The molecular formula is C13H15N5O2. The quantitative estimate of drug-likeness (QED) is 0.641. The lowest BCUT2D eigenvalue weighted by molar-refractivity contribution is -0.383. The minimum absolute atomic E-state index is 0.149. The number of aromatic nitrogens is 2. The molecule has 1 aromatic heterocycles. The zero-order chi connectivity index (χ0) is 14.5. The summed E-state index contributed by atoms with van der Waals surface area (Å²) in [6.07, 6.45) is 1.29. The second kappa shape index (κ2) is 5.96. The molecule has 0 aliphatic heterocycles. The molecule has 7 heteroatoms. The van der Waals surface area contributed by atoms with Crippen LogP contribution in [0.5, 0.6) is 0 Å². The van der Waals surface area contributed by atoms with Gasteiger partial charge in [-0.1, -0.05) is 24.3 Å². The van der Waals surface area contributed by atoms with Crippen molar-refractivity contribution in [1.82, 2.24) is 9.97 Å². The second-order valence-electron chi connectivity index (χ2n) is 4.21. The molecule has 20 heavy (non-hydrogen) atoms. The van der Waals surface area contributed by atoms with Gasteiger partial charge in [-0.05, 0) is 18.1 Å². The first-order chi connectivity index (χ1) is 9.63. The van der Waals surface area contributed by atoms with Crippen LogP contribution in [0.4, 0.5) is 17.3 Å². The Morgan fingerprint density at radius 2 is 1.95 bits per heavy atom. The van der Waals surface area contributed by atoms with E-state index in [1.807, 2.05) is 31.2 Å². The van der Waals surface area contributed by atoms with E-state index in [2.05, 4.69) is 20.6 Å². The van der Waals surface area contributed by atoms with Gasteiger partial charge in [-0.15, -0.1) is 0 Å². The summed E-state index contributed by atoms with van der Waals surface area (Å²) in [4.78, 5) is 18.4. The number of nitrogens with zero attached hydrogens (tertiary/aromatic N) is 3. The molecule has 2 N–H and O–H groups in total. The average Bonchev–Trinajstić information content (AvgIpc) is 2.45. The maximum Gasteiger partial charge on any atom is 0.353 e. The van der Waals surface area contributed by atoms with E-state index in [1.165, 1.54) is 6.33 Å². The maximum absolute atomic E-state index is 11.1. The summed E-state index contributed by atoms with van der Waals surface area (Å²) in [6, 6.07) is 7.83. The van der Waals surface area contributed by atoms with E-state index in [-0.39, 0.29) is 17.3 Å². The fourth-order valence-electron chi connectivity index (χ4n) is 1.85. The molecule has 104 valence electrons. The zero-order valence-electron chi connectivity index (χ0n) is 11.3. The number of hydrogen-bond donors (Lipinski definition) is 2. The van der Waals surface area contributed by atoms with Gasteiger partial charge in [0.15, 0.2) is 0 Å². The number of nitro groups is 1. The minimum atomic E-state index is -0.494. The van der Waals surface area contributed by atoms with Gasteiger partial charge in [-0.25, -0.2) is 9.97 Å². The molecule has 1 aromatic carbocycles. The second-order valence-corrected chi connectivity index (χ2v) is 4.21. The van der Waals surface area contributed by atoms with Crippen LogP contribution in [-0.4, -0.2) is 21.9 Å². The lowest BCUT2D eigenvalue weighted by Crippen LogP contribution is -2.08. The molecule has 0 aliphatic rings. The van der Waals surface area contributed by atoms with Crippen molar-refractivity contribution >= 4 is 17.3 Å². The van der Waals surface area contributed by atoms with E-state index < -0.39 is 4.92 Å². The molecule has 2 rings (SSSR count).